The van der Waals surface area contributed by atoms with Gasteiger partial charge in [-0.3, -0.25) is 0 Å². The number of benzene rings is 1. The maximum Gasteiger partial charge on any atom is 0.274 e. The van der Waals surface area contributed by atoms with Gasteiger partial charge in [0.05, 0.1) is 12.6 Å². The Morgan fingerprint density at radius 2 is 2.17 bits per heavy atom. The van der Waals surface area contributed by atoms with E-state index in [0.29, 0.717) is 12.5 Å². The first-order valence-corrected chi connectivity index (χ1v) is 8.82. The van der Waals surface area contributed by atoms with Crippen LogP contribution < -0.4 is 19.5 Å². The predicted octanol–water partition coefficient (Wildman–Crippen LogP) is 0.258. The summed E-state index contributed by atoms with van der Waals surface area (Å²) in [6.45, 7) is 2.04. The fraction of sp³-hybridized carbons (Fsp3) is 0.429. The molecule has 0 saturated carbocycles. The van der Waals surface area contributed by atoms with Crippen molar-refractivity contribution in [2.45, 2.75) is 6.42 Å². The third-order valence-corrected chi connectivity index (χ3v) is 4.54. The fourth-order valence-electron chi connectivity index (χ4n) is 2.73. The van der Waals surface area contributed by atoms with Gasteiger partial charge in [-0.25, -0.2) is 19.8 Å². The maximum atomic E-state index is 10.8. The van der Waals surface area contributed by atoms with Gasteiger partial charge in [-0.15, -0.1) is 0 Å². The van der Waals surface area contributed by atoms with Crippen LogP contribution in [0.1, 0.15) is 6.42 Å². The lowest BCUT2D eigenvalue weighted by Crippen LogP contribution is -2.48. The van der Waals surface area contributed by atoms with E-state index in [-0.39, 0.29) is 0 Å². The van der Waals surface area contributed by atoms with E-state index in [0.717, 1.165) is 42.0 Å². The molecule has 0 amide bonds. The van der Waals surface area contributed by atoms with Gasteiger partial charge < -0.3 is 9.64 Å². The van der Waals surface area contributed by atoms with Crippen LogP contribution in [0.25, 0.3) is 10.9 Å². The van der Waals surface area contributed by atoms with Crippen LogP contribution in [-0.2, 0) is 10.2 Å². The zero-order valence-corrected chi connectivity index (χ0v) is 13.6. The molecule has 1 fully saturated rings. The van der Waals surface area contributed by atoms with E-state index in [9.17, 15) is 8.42 Å². The molecular weight excluding hydrogens is 318 g/mol. The largest absolute Gasteiger partial charge is 0.497 e. The Morgan fingerprint density at radius 3 is 2.87 bits per heavy atom. The maximum absolute atomic E-state index is 10.8. The van der Waals surface area contributed by atoms with Crippen LogP contribution in [0.3, 0.4) is 0 Å². The molecule has 0 bridgehead atoms. The summed E-state index contributed by atoms with van der Waals surface area (Å²) in [4.78, 5) is 10.8. The molecule has 3 rings (SSSR count). The molecule has 0 spiro atoms. The second-order valence-corrected chi connectivity index (χ2v) is 6.96. The monoisotopic (exact) mass is 337 g/mol. The molecule has 1 aromatic heterocycles. The van der Waals surface area contributed by atoms with Crippen LogP contribution in [0.5, 0.6) is 5.75 Å². The number of rotatable bonds is 6. The number of nitrogens with two attached hydrogens (primary N) is 1. The first kappa shape index (κ1) is 15.9. The van der Waals surface area contributed by atoms with E-state index >= 15 is 0 Å². The van der Waals surface area contributed by atoms with E-state index in [4.69, 9.17) is 9.88 Å². The predicted molar refractivity (Wildman–Crippen MR) is 87.5 cm³/mol. The number of hydrogen-bond acceptors (Lipinski definition) is 6. The second-order valence-electron chi connectivity index (χ2n) is 5.58. The molecule has 2 aromatic rings. The molecule has 1 aliphatic rings. The Morgan fingerprint density at radius 1 is 1.39 bits per heavy atom. The number of nitrogens with one attached hydrogen (secondary N) is 1. The quantitative estimate of drug-likeness (QED) is 0.782. The summed E-state index contributed by atoms with van der Waals surface area (Å²) in [5, 5.41) is 5.89. The Balaban J connectivity index is 1.64. The van der Waals surface area contributed by atoms with Crippen molar-refractivity contribution in [1.82, 2.24) is 14.7 Å². The van der Waals surface area contributed by atoms with Crippen LogP contribution in [0.15, 0.2) is 24.5 Å². The highest BCUT2D eigenvalue weighted by Gasteiger charge is 2.28. The molecule has 0 radical (unpaired) electrons. The lowest BCUT2D eigenvalue weighted by molar-refractivity contribution is 0.382. The minimum Gasteiger partial charge on any atom is -0.497 e. The SMILES string of the molecule is COc1ccc2c(N3CC(CCNS(N)(=O)=O)C3)ncnc2c1. The molecular formula is C14H19N5O3S. The summed E-state index contributed by atoms with van der Waals surface area (Å²) in [6, 6.07) is 5.73. The molecule has 2 heterocycles. The van der Waals surface area contributed by atoms with Gasteiger partial charge in [0, 0.05) is 31.1 Å². The summed E-state index contributed by atoms with van der Waals surface area (Å²) < 4.78 is 29.2. The lowest BCUT2D eigenvalue weighted by atomic mass is 9.96. The Labute approximate surface area is 134 Å². The second kappa shape index (κ2) is 6.26. The highest BCUT2D eigenvalue weighted by atomic mass is 32.2. The van der Waals surface area contributed by atoms with E-state index in [1.165, 1.54) is 0 Å². The summed E-state index contributed by atoms with van der Waals surface area (Å²) in [6.07, 6.45) is 2.30. The molecule has 8 nitrogen and oxygen atoms in total. The molecule has 0 unspecified atom stereocenters. The van der Waals surface area contributed by atoms with Crippen LogP contribution in [-0.4, -0.2) is 45.1 Å². The third kappa shape index (κ3) is 3.69. The van der Waals surface area contributed by atoms with Crippen molar-refractivity contribution in [3.05, 3.63) is 24.5 Å². The number of hydrogen-bond donors (Lipinski definition) is 2. The average molecular weight is 337 g/mol. The van der Waals surface area contributed by atoms with Crippen LogP contribution >= 0.6 is 0 Å². The van der Waals surface area contributed by atoms with Crippen molar-refractivity contribution in [3.63, 3.8) is 0 Å². The van der Waals surface area contributed by atoms with Gasteiger partial charge in [-0.1, -0.05) is 0 Å². The van der Waals surface area contributed by atoms with E-state index in [1.807, 2.05) is 18.2 Å². The summed E-state index contributed by atoms with van der Waals surface area (Å²) in [7, 11) is -1.98. The van der Waals surface area contributed by atoms with Crippen molar-refractivity contribution in [2.75, 3.05) is 31.6 Å². The van der Waals surface area contributed by atoms with Gasteiger partial charge in [0.2, 0.25) is 0 Å². The van der Waals surface area contributed by atoms with Gasteiger partial charge in [0.25, 0.3) is 10.2 Å². The summed E-state index contributed by atoms with van der Waals surface area (Å²) in [5.41, 5.74) is 0.841. The Kier molecular flexibility index (Phi) is 4.33. The van der Waals surface area contributed by atoms with E-state index in [2.05, 4.69) is 19.6 Å². The Bertz CT molecular complexity index is 805. The van der Waals surface area contributed by atoms with Crippen LogP contribution in [0, 0.1) is 5.92 Å². The number of fused-ring (bicyclic) bond motifs is 1. The molecule has 1 aliphatic heterocycles. The fourth-order valence-corrected chi connectivity index (χ4v) is 3.13. The molecule has 0 atom stereocenters. The summed E-state index contributed by atoms with van der Waals surface area (Å²) in [5.74, 6) is 2.08. The number of ether oxygens (including phenoxy) is 1. The molecule has 9 heteroatoms. The standard InChI is InChI=1S/C14H19N5O3S/c1-22-11-2-3-12-13(6-11)16-9-17-14(12)19-7-10(8-19)4-5-18-23(15,20)21/h2-3,6,9-10,18H,4-5,7-8H2,1H3,(H2,15,20,21). The summed E-state index contributed by atoms with van der Waals surface area (Å²) >= 11 is 0. The van der Waals surface area contributed by atoms with Gasteiger partial charge in [-0.05, 0) is 24.5 Å². The average Bonchev–Trinajstić information content (AvgIpc) is 2.47. The number of methoxy groups -OCH3 is 1. The first-order chi connectivity index (χ1) is 11.0. The van der Waals surface area contributed by atoms with Gasteiger partial charge in [-0.2, -0.15) is 8.42 Å². The number of aromatic nitrogens is 2. The normalized spacial score (nSPS) is 15.7. The minimum absolute atomic E-state index is 0.360. The first-order valence-electron chi connectivity index (χ1n) is 7.27. The molecule has 3 N–H and O–H groups in total. The topological polar surface area (TPSA) is 110 Å². The van der Waals surface area contributed by atoms with Crippen LogP contribution in [0.4, 0.5) is 5.82 Å². The van der Waals surface area contributed by atoms with Crippen molar-refractivity contribution in [2.24, 2.45) is 11.1 Å². The van der Waals surface area contributed by atoms with Crippen molar-refractivity contribution in [1.29, 1.82) is 0 Å². The van der Waals surface area contributed by atoms with Gasteiger partial charge in [0.1, 0.15) is 17.9 Å². The van der Waals surface area contributed by atoms with E-state index < -0.39 is 10.2 Å². The molecule has 124 valence electrons. The highest BCUT2D eigenvalue weighted by molar-refractivity contribution is 7.87. The number of anilines is 1. The molecule has 1 aromatic carbocycles. The molecule has 1 saturated heterocycles. The zero-order valence-electron chi connectivity index (χ0n) is 12.8. The minimum atomic E-state index is -3.60. The van der Waals surface area contributed by atoms with Gasteiger partial charge in [0.15, 0.2) is 0 Å². The van der Waals surface area contributed by atoms with Crippen molar-refractivity contribution in [3.8, 4) is 5.75 Å². The smallest absolute Gasteiger partial charge is 0.274 e. The van der Waals surface area contributed by atoms with E-state index in [1.54, 1.807) is 13.4 Å². The molecule has 23 heavy (non-hydrogen) atoms. The highest BCUT2D eigenvalue weighted by Crippen LogP contribution is 2.31. The van der Waals surface area contributed by atoms with Crippen molar-refractivity contribution < 1.29 is 13.2 Å². The van der Waals surface area contributed by atoms with Crippen LogP contribution in [0.2, 0.25) is 0 Å². The van der Waals surface area contributed by atoms with Gasteiger partial charge >= 0.3 is 0 Å². The zero-order chi connectivity index (χ0) is 16.4. The number of nitrogens with zero attached hydrogens (tertiary/aromatic N) is 3. The lowest BCUT2D eigenvalue weighted by Gasteiger charge is -2.40. The third-order valence-electron chi connectivity index (χ3n) is 3.94. The van der Waals surface area contributed by atoms with Crippen molar-refractivity contribution >= 4 is 26.9 Å². The Hall–Kier alpha value is -1.97. The molecule has 0 aliphatic carbocycles.